The van der Waals surface area contributed by atoms with Crippen molar-refractivity contribution in [2.75, 3.05) is 46.9 Å². The summed E-state index contributed by atoms with van der Waals surface area (Å²) in [6.45, 7) is 31.9. The smallest absolute Gasteiger partial charge is 0.400 e. The Morgan fingerprint density at radius 1 is 0.926 bits per heavy atom. The number of hydrogen-bond donors (Lipinski definition) is 6. The lowest BCUT2D eigenvalue weighted by Crippen LogP contribution is -2.49. The van der Waals surface area contributed by atoms with Crippen LogP contribution in [0.2, 0.25) is 0 Å². The Morgan fingerprint density at radius 2 is 1.46 bits per heavy atom. The van der Waals surface area contributed by atoms with E-state index in [1.54, 1.807) is 30.4 Å². The van der Waals surface area contributed by atoms with E-state index in [9.17, 15) is 18.3 Å². The first kappa shape index (κ1) is 63.4. The van der Waals surface area contributed by atoms with Crippen molar-refractivity contribution >= 4 is 5.57 Å². The Labute approximate surface area is 330 Å². The minimum absolute atomic E-state index is 0.163. The second kappa shape index (κ2) is 46.6. The van der Waals surface area contributed by atoms with Crippen molar-refractivity contribution < 1.29 is 33.6 Å². The highest BCUT2D eigenvalue weighted by Crippen LogP contribution is 2.45. The molecule has 3 unspecified atom stereocenters. The number of benzene rings is 1. The van der Waals surface area contributed by atoms with Crippen molar-refractivity contribution in [3.63, 3.8) is 0 Å². The van der Waals surface area contributed by atoms with Gasteiger partial charge in [-0.05, 0) is 63.1 Å². The van der Waals surface area contributed by atoms with Gasteiger partial charge in [-0.1, -0.05) is 162 Å². The quantitative estimate of drug-likeness (QED) is 0.0598. The second-order valence-corrected chi connectivity index (χ2v) is 11.5. The molecule has 6 N–H and O–H groups in total. The van der Waals surface area contributed by atoms with E-state index in [1.165, 1.54) is 38.8 Å². The van der Waals surface area contributed by atoms with E-state index in [2.05, 4.69) is 77.3 Å². The highest BCUT2D eigenvalue weighted by atomic mass is 19.4. The van der Waals surface area contributed by atoms with Crippen LogP contribution in [0.1, 0.15) is 126 Å². The third-order valence-corrected chi connectivity index (χ3v) is 6.74. The first-order valence-corrected chi connectivity index (χ1v) is 19.7. The van der Waals surface area contributed by atoms with Crippen molar-refractivity contribution in [2.45, 2.75) is 139 Å². The Morgan fingerprint density at radius 3 is 1.83 bits per heavy atom. The summed E-state index contributed by atoms with van der Waals surface area (Å²) in [4.78, 5) is 2.34. The Balaban J connectivity index is -0.000000153. The molecule has 0 spiro atoms. The van der Waals surface area contributed by atoms with Gasteiger partial charge >= 0.3 is 6.18 Å². The van der Waals surface area contributed by atoms with Crippen molar-refractivity contribution in [2.24, 2.45) is 0 Å². The molecular weight excluding hydrogens is 691 g/mol. The van der Waals surface area contributed by atoms with E-state index in [0.717, 1.165) is 30.4 Å². The number of halogens is 3. The fourth-order valence-electron chi connectivity index (χ4n) is 4.16. The third-order valence-electron chi connectivity index (χ3n) is 6.74. The van der Waals surface area contributed by atoms with E-state index < -0.39 is 30.6 Å². The summed E-state index contributed by atoms with van der Waals surface area (Å²) in [5, 5.41) is 39.3. The van der Waals surface area contributed by atoms with Crippen LogP contribution in [0.5, 0.6) is 0 Å². The number of nitrogens with one attached hydrogen (secondary N) is 2. The molecule has 3 atom stereocenters. The molecule has 1 aromatic rings. The summed E-state index contributed by atoms with van der Waals surface area (Å²) in [5.41, 5.74) is 1.73. The molecule has 2 rings (SSSR count). The Hall–Kier alpha value is -2.57. The van der Waals surface area contributed by atoms with Crippen LogP contribution in [0.15, 0.2) is 80.0 Å². The number of rotatable bonds is 15. The maximum atomic E-state index is 12.5. The summed E-state index contributed by atoms with van der Waals surface area (Å²) in [6.07, 6.45) is 12.4. The van der Waals surface area contributed by atoms with Crippen LogP contribution in [0.3, 0.4) is 0 Å². The van der Waals surface area contributed by atoms with Gasteiger partial charge in [-0.2, -0.15) is 13.2 Å². The Kier molecular flexibility index (Phi) is 54.7. The highest BCUT2D eigenvalue weighted by Gasteiger charge is 2.43. The van der Waals surface area contributed by atoms with Crippen LogP contribution in [0.25, 0.3) is 5.57 Å². The van der Waals surface area contributed by atoms with Crippen molar-refractivity contribution in [1.82, 2.24) is 15.5 Å². The van der Waals surface area contributed by atoms with Crippen LogP contribution in [0.4, 0.5) is 13.2 Å². The summed E-state index contributed by atoms with van der Waals surface area (Å²) in [6, 6.07) is 7.45. The van der Waals surface area contributed by atoms with Gasteiger partial charge in [-0.3, -0.25) is 10.6 Å². The van der Waals surface area contributed by atoms with Gasteiger partial charge in [0.25, 0.3) is 0 Å². The molecule has 0 aromatic heterocycles. The highest BCUT2D eigenvalue weighted by molar-refractivity contribution is 5.83. The van der Waals surface area contributed by atoms with Gasteiger partial charge in [0, 0.05) is 13.5 Å². The molecular formula is C44H84F3N3O4. The van der Waals surface area contributed by atoms with Gasteiger partial charge in [0.1, 0.15) is 12.5 Å². The minimum Gasteiger partial charge on any atom is -0.400 e. The Bertz CT molecular complexity index is 1020. The predicted octanol–water partition coefficient (Wildman–Crippen LogP) is 10.2. The standard InChI is InChI=1S/C18H20F3NO.C7H17N.C6H13NO.C4H8O.2C3H8.C2H6.CH4O/c1-3-5-8-13-11-17(4-2,15-10-7-6-9-14(13)15)16(23)22-12-18(19,20)21;1-4-6-7-8(3)5-2;1-3-5-6(8)7-4-2;1-2-3-4-5;2*1-3-2;2*1-2/h3,5-11,16,22-23H,1,4,12H2,2H3;4-7H2,1-3H3;3,6-8H,1,4-5H2,2H3;2-3,5H,4H2,1H3;2*3H2,1-2H3;1-2H3;2H,1H3/b8-5-;;;3-2-;;;;. The van der Waals surface area contributed by atoms with Gasteiger partial charge in [0.05, 0.1) is 18.6 Å². The predicted molar refractivity (Wildman–Crippen MR) is 232 cm³/mol. The van der Waals surface area contributed by atoms with Crippen molar-refractivity contribution in [1.29, 1.82) is 0 Å². The number of alkyl halides is 3. The van der Waals surface area contributed by atoms with Crippen LogP contribution < -0.4 is 10.6 Å². The van der Waals surface area contributed by atoms with Crippen LogP contribution in [-0.2, 0) is 5.41 Å². The summed E-state index contributed by atoms with van der Waals surface area (Å²) in [5.74, 6) is 0. The molecule has 7 nitrogen and oxygen atoms in total. The largest absolute Gasteiger partial charge is 0.401 e. The number of aliphatic hydroxyl groups is 4. The SMILES string of the molecule is C/C=C\CO.C=C/C=C\C1=CC(CC)(C(O)NCC(F)(F)F)c2ccccc21.C=CCC(O)NCC.CC.CCC.CCC.CCCCN(C)CC.CO. The molecule has 0 heterocycles. The second-order valence-electron chi connectivity index (χ2n) is 11.5. The fraction of sp³-hybridized carbons (Fsp3) is 0.636. The molecule has 54 heavy (non-hydrogen) atoms. The maximum absolute atomic E-state index is 12.5. The zero-order valence-electron chi connectivity index (χ0n) is 36.6. The molecule has 0 saturated carbocycles. The molecule has 320 valence electrons. The first-order valence-electron chi connectivity index (χ1n) is 19.7. The third kappa shape index (κ3) is 36.4. The maximum Gasteiger partial charge on any atom is 0.401 e. The lowest BCUT2D eigenvalue weighted by molar-refractivity contribution is -0.133. The van der Waals surface area contributed by atoms with Gasteiger partial charge in [-0.15, -0.1) is 6.58 Å². The van der Waals surface area contributed by atoms with E-state index in [1.807, 2.05) is 71.0 Å². The average Bonchev–Trinajstić information content (AvgIpc) is 3.50. The number of fused-ring (bicyclic) bond motifs is 1. The zero-order valence-corrected chi connectivity index (χ0v) is 36.6. The molecule has 0 fully saturated rings. The topological polar surface area (TPSA) is 108 Å². The van der Waals surface area contributed by atoms with Crippen molar-refractivity contribution in [3.8, 4) is 0 Å². The van der Waals surface area contributed by atoms with Crippen molar-refractivity contribution in [3.05, 3.63) is 91.1 Å². The van der Waals surface area contributed by atoms with Gasteiger partial charge in [0.15, 0.2) is 0 Å². The summed E-state index contributed by atoms with van der Waals surface area (Å²) >= 11 is 0. The zero-order chi connectivity index (χ0) is 43.4. The normalized spacial score (nSPS) is 14.7. The average molecular weight is 776 g/mol. The summed E-state index contributed by atoms with van der Waals surface area (Å²) < 4.78 is 37.4. The molecule has 1 aliphatic carbocycles. The first-order chi connectivity index (χ1) is 25.7. The van der Waals surface area contributed by atoms with Crippen LogP contribution >= 0.6 is 0 Å². The molecule has 0 radical (unpaired) electrons. The molecule has 0 amide bonds. The number of allylic oxidation sites excluding steroid dienone is 5. The van der Waals surface area contributed by atoms with E-state index >= 15 is 0 Å². The van der Waals surface area contributed by atoms with Crippen LogP contribution in [-0.4, -0.2) is 90.9 Å². The molecule has 1 aliphatic rings. The van der Waals surface area contributed by atoms with E-state index in [4.69, 9.17) is 15.3 Å². The molecule has 0 bridgehead atoms. The molecule has 1 aromatic carbocycles. The monoisotopic (exact) mass is 776 g/mol. The van der Waals surface area contributed by atoms with Gasteiger partial charge in [0.2, 0.25) is 0 Å². The fourth-order valence-corrected chi connectivity index (χ4v) is 4.16. The van der Waals surface area contributed by atoms with E-state index in [0.29, 0.717) is 12.8 Å². The number of aliphatic hydroxyl groups excluding tert-OH is 4. The molecule has 0 aliphatic heterocycles. The van der Waals surface area contributed by atoms with Gasteiger partial charge in [-0.25, -0.2) is 0 Å². The number of hydrogen-bond acceptors (Lipinski definition) is 7. The minimum atomic E-state index is -4.37. The number of unbranched alkanes of at least 4 members (excludes halogenated alkanes) is 1. The molecule has 0 saturated heterocycles. The van der Waals surface area contributed by atoms with Gasteiger partial charge < -0.3 is 25.3 Å². The summed E-state index contributed by atoms with van der Waals surface area (Å²) in [7, 11) is 3.16. The van der Waals surface area contributed by atoms with Crippen LogP contribution in [0, 0.1) is 0 Å². The van der Waals surface area contributed by atoms with E-state index in [-0.39, 0.29) is 6.61 Å². The molecule has 10 heteroatoms. The number of nitrogens with zero attached hydrogens (tertiary/aromatic N) is 1. The lowest BCUT2D eigenvalue weighted by atomic mass is 9.78. The lowest BCUT2D eigenvalue weighted by Gasteiger charge is -2.34.